The number of amides is 2. The number of nitrogens with zero attached hydrogens (tertiary/aromatic N) is 6. The minimum atomic E-state index is -0.521. The Labute approximate surface area is 234 Å². The highest BCUT2D eigenvalue weighted by molar-refractivity contribution is 6.32. The Bertz CT molecular complexity index is 1210. The zero-order valence-electron chi connectivity index (χ0n) is 23.0. The maximum atomic E-state index is 12.8. The molecule has 1 N–H and O–H groups in total. The molecule has 4 rings (SSSR count). The molecule has 1 aromatic carbocycles. The first-order valence-electron chi connectivity index (χ1n) is 13.3. The minimum Gasteiger partial charge on any atom is -0.444 e. The number of rotatable bonds is 5. The Morgan fingerprint density at radius 1 is 1.08 bits per heavy atom. The molecule has 0 unspecified atom stereocenters. The van der Waals surface area contributed by atoms with Crippen LogP contribution < -0.4 is 15.1 Å². The molecule has 10 nitrogen and oxygen atoms in total. The molecule has 0 bridgehead atoms. The summed E-state index contributed by atoms with van der Waals surface area (Å²) in [7, 11) is 2.04. The van der Waals surface area contributed by atoms with Gasteiger partial charge in [-0.1, -0.05) is 11.6 Å². The molecule has 2 aliphatic rings. The third-order valence-corrected chi connectivity index (χ3v) is 7.51. The van der Waals surface area contributed by atoms with E-state index < -0.39 is 5.60 Å². The van der Waals surface area contributed by atoms with Crippen LogP contribution >= 0.6 is 11.6 Å². The number of halogens is 1. The molecule has 208 valence electrons. The van der Waals surface area contributed by atoms with E-state index in [0.29, 0.717) is 48.6 Å². The van der Waals surface area contributed by atoms with Crippen molar-refractivity contribution in [1.29, 1.82) is 5.26 Å². The van der Waals surface area contributed by atoms with E-state index in [9.17, 15) is 9.59 Å². The van der Waals surface area contributed by atoms with Crippen molar-refractivity contribution in [2.24, 2.45) is 0 Å². The molecule has 1 saturated carbocycles. The third kappa shape index (κ3) is 7.30. The van der Waals surface area contributed by atoms with Crippen LogP contribution in [0.4, 0.5) is 16.3 Å². The molecule has 0 radical (unpaired) electrons. The number of hydrogen-bond acceptors (Lipinski definition) is 8. The number of nitriles is 1. The van der Waals surface area contributed by atoms with Crippen molar-refractivity contribution in [3.63, 3.8) is 0 Å². The molecule has 11 heteroatoms. The first-order chi connectivity index (χ1) is 18.5. The highest BCUT2D eigenvalue weighted by Gasteiger charge is 2.28. The molecule has 2 heterocycles. The van der Waals surface area contributed by atoms with Crippen LogP contribution in [0.2, 0.25) is 5.02 Å². The lowest BCUT2D eigenvalue weighted by atomic mass is 9.90. The van der Waals surface area contributed by atoms with E-state index in [1.54, 1.807) is 23.1 Å². The fraction of sp³-hybridized carbons (Fsp3) is 0.536. The van der Waals surface area contributed by atoms with Crippen LogP contribution in [0.25, 0.3) is 0 Å². The molecule has 1 aliphatic carbocycles. The van der Waals surface area contributed by atoms with E-state index >= 15 is 0 Å². The monoisotopic (exact) mass is 553 g/mol. The topological polar surface area (TPSA) is 115 Å². The molecule has 1 saturated heterocycles. The molecular formula is C28H36ClN7O3. The largest absolute Gasteiger partial charge is 0.444 e. The molecular weight excluding hydrogens is 518 g/mol. The highest BCUT2D eigenvalue weighted by atomic mass is 35.5. The molecule has 2 aromatic rings. The van der Waals surface area contributed by atoms with Gasteiger partial charge in [0.1, 0.15) is 11.7 Å². The number of carbonyl (C=O) groups is 2. The Kier molecular flexibility index (Phi) is 8.80. The summed E-state index contributed by atoms with van der Waals surface area (Å²) < 4.78 is 5.45. The van der Waals surface area contributed by atoms with E-state index in [1.165, 1.54) is 0 Å². The molecule has 2 fully saturated rings. The number of carbonyl (C=O) groups excluding carboxylic acids is 2. The van der Waals surface area contributed by atoms with Gasteiger partial charge >= 0.3 is 6.09 Å². The normalized spacial score (nSPS) is 19.7. The fourth-order valence-electron chi connectivity index (χ4n) is 4.95. The molecule has 39 heavy (non-hydrogen) atoms. The smallest absolute Gasteiger partial charge is 0.410 e. The highest BCUT2D eigenvalue weighted by Crippen LogP contribution is 2.29. The van der Waals surface area contributed by atoms with E-state index in [-0.39, 0.29) is 23.7 Å². The van der Waals surface area contributed by atoms with Crippen LogP contribution in [0.3, 0.4) is 0 Å². The minimum absolute atomic E-state index is 0.0779. The lowest BCUT2D eigenvalue weighted by Gasteiger charge is -2.36. The standard InChI is InChI=1S/C28H36ClN7O3/c1-28(2,3)39-27(38)36-15-13-35(14-16-36)25-12-11-24(32-33-25)26(37)31-20-6-9-21(10-7-20)34(4)22-8-5-19(18-30)23(29)17-22/h5,8,11-12,17,20-21H,6-7,9-10,13-16H2,1-4H3,(H,31,37). The van der Waals surface area contributed by atoms with Crippen molar-refractivity contribution in [3.8, 4) is 6.07 Å². The summed E-state index contributed by atoms with van der Waals surface area (Å²) in [5.74, 6) is 0.460. The second-order valence-corrected chi connectivity index (χ2v) is 11.5. The Morgan fingerprint density at radius 3 is 2.33 bits per heavy atom. The van der Waals surface area contributed by atoms with Gasteiger partial charge in [0.25, 0.3) is 5.91 Å². The van der Waals surface area contributed by atoms with E-state index in [1.807, 2.05) is 44.9 Å². The number of ether oxygens (including phenoxy) is 1. The predicted octanol–water partition coefficient (Wildman–Crippen LogP) is 4.24. The van der Waals surface area contributed by atoms with Crippen molar-refractivity contribution in [2.45, 2.75) is 64.1 Å². The quantitative estimate of drug-likeness (QED) is 0.585. The maximum absolute atomic E-state index is 12.8. The van der Waals surface area contributed by atoms with Gasteiger partial charge in [0, 0.05) is 51.0 Å². The number of aromatic nitrogens is 2. The van der Waals surface area contributed by atoms with E-state index in [4.69, 9.17) is 21.6 Å². The molecule has 0 atom stereocenters. The van der Waals surface area contributed by atoms with Gasteiger partial charge in [0.05, 0.1) is 10.6 Å². The number of piperazine rings is 1. The first-order valence-corrected chi connectivity index (χ1v) is 13.7. The average molecular weight is 554 g/mol. The van der Waals surface area contributed by atoms with Gasteiger partial charge in [0.2, 0.25) is 0 Å². The molecule has 1 aromatic heterocycles. The summed E-state index contributed by atoms with van der Waals surface area (Å²) in [6.45, 7) is 7.87. The van der Waals surface area contributed by atoms with E-state index in [0.717, 1.165) is 31.4 Å². The zero-order chi connectivity index (χ0) is 28.2. The van der Waals surface area contributed by atoms with Crippen molar-refractivity contribution in [3.05, 3.63) is 46.6 Å². The predicted molar refractivity (Wildman–Crippen MR) is 150 cm³/mol. The second kappa shape index (κ2) is 12.1. The first kappa shape index (κ1) is 28.4. The fourth-order valence-corrected chi connectivity index (χ4v) is 5.17. The van der Waals surface area contributed by atoms with Crippen molar-refractivity contribution in [2.75, 3.05) is 43.0 Å². The summed E-state index contributed by atoms with van der Waals surface area (Å²) in [5.41, 5.74) is 1.22. The number of anilines is 2. The SMILES string of the molecule is CN(c1ccc(C#N)c(Cl)c1)C1CCC(NC(=O)c2ccc(N3CCN(C(=O)OC(C)(C)C)CC3)nn2)CC1. The number of benzene rings is 1. The summed E-state index contributed by atoms with van der Waals surface area (Å²) >= 11 is 6.21. The zero-order valence-corrected chi connectivity index (χ0v) is 23.7. The van der Waals surface area contributed by atoms with Gasteiger partial charge in [-0.3, -0.25) is 4.79 Å². The van der Waals surface area contributed by atoms with Gasteiger partial charge in [0.15, 0.2) is 11.5 Å². The van der Waals surface area contributed by atoms with Crippen LogP contribution in [0, 0.1) is 11.3 Å². The Morgan fingerprint density at radius 2 is 1.77 bits per heavy atom. The van der Waals surface area contributed by atoms with Crippen LogP contribution in [-0.4, -0.2) is 78.0 Å². The van der Waals surface area contributed by atoms with Crippen LogP contribution in [0.15, 0.2) is 30.3 Å². The van der Waals surface area contributed by atoms with Crippen molar-refractivity contribution >= 4 is 35.1 Å². The average Bonchev–Trinajstić information content (AvgIpc) is 2.92. The van der Waals surface area contributed by atoms with Gasteiger partial charge in [-0.25, -0.2) is 4.79 Å². The number of hydrogen-bond donors (Lipinski definition) is 1. The summed E-state index contributed by atoms with van der Waals surface area (Å²) in [6, 6.07) is 11.5. The van der Waals surface area contributed by atoms with E-state index in [2.05, 4.69) is 26.5 Å². The molecule has 2 amide bonds. The van der Waals surface area contributed by atoms with Crippen LogP contribution in [-0.2, 0) is 4.74 Å². The van der Waals surface area contributed by atoms with Crippen LogP contribution in [0.1, 0.15) is 62.5 Å². The molecule has 1 aliphatic heterocycles. The van der Waals surface area contributed by atoms with Crippen molar-refractivity contribution in [1.82, 2.24) is 20.4 Å². The van der Waals surface area contributed by atoms with Gasteiger partial charge in [-0.2, -0.15) is 5.26 Å². The number of nitrogens with one attached hydrogen (secondary N) is 1. The van der Waals surface area contributed by atoms with Gasteiger partial charge in [-0.15, -0.1) is 10.2 Å². The van der Waals surface area contributed by atoms with Crippen molar-refractivity contribution < 1.29 is 14.3 Å². The maximum Gasteiger partial charge on any atom is 0.410 e. The Hall–Kier alpha value is -3.58. The molecule has 0 spiro atoms. The van der Waals surface area contributed by atoms with Crippen LogP contribution in [0.5, 0.6) is 0 Å². The summed E-state index contributed by atoms with van der Waals surface area (Å²) in [4.78, 5) is 31.1. The van der Waals surface area contributed by atoms with Gasteiger partial charge < -0.3 is 24.8 Å². The van der Waals surface area contributed by atoms with Gasteiger partial charge in [-0.05, 0) is 76.8 Å². The third-order valence-electron chi connectivity index (χ3n) is 7.20. The summed E-state index contributed by atoms with van der Waals surface area (Å²) in [5, 5.41) is 21.1. The second-order valence-electron chi connectivity index (χ2n) is 11.1. The lowest BCUT2D eigenvalue weighted by Crippen LogP contribution is -2.50. The Balaban J connectivity index is 1.24. The lowest BCUT2D eigenvalue weighted by molar-refractivity contribution is 0.0240. The summed E-state index contributed by atoms with van der Waals surface area (Å²) in [6.07, 6.45) is 3.27.